The summed E-state index contributed by atoms with van der Waals surface area (Å²) >= 11 is 0. The van der Waals surface area contributed by atoms with Gasteiger partial charge in [-0.25, -0.2) is 0 Å². The highest BCUT2D eigenvalue weighted by molar-refractivity contribution is 6.04. The quantitative estimate of drug-likeness (QED) is 0.760. The lowest BCUT2D eigenvalue weighted by atomic mass is 10.2. The Kier molecular flexibility index (Phi) is 4.30. The van der Waals surface area contributed by atoms with Gasteiger partial charge in [0.05, 0.1) is 6.61 Å². The highest BCUT2D eigenvalue weighted by atomic mass is 16.3. The molecule has 3 rings (SSSR count). The van der Waals surface area contributed by atoms with E-state index in [1.165, 1.54) is 0 Å². The predicted octanol–water partition coefficient (Wildman–Crippen LogP) is 3.11. The van der Waals surface area contributed by atoms with Crippen molar-refractivity contribution in [2.45, 2.75) is 0 Å². The summed E-state index contributed by atoms with van der Waals surface area (Å²) < 4.78 is 5.55. The molecule has 0 fully saturated rings. The number of amides is 1. The molecule has 23 heavy (non-hydrogen) atoms. The van der Waals surface area contributed by atoms with Crippen LogP contribution in [0.4, 0.5) is 11.4 Å². The van der Waals surface area contributed by atoms with Crippen molar-refractivity contribution in [3.63, 3.8) is 0 Å². The Hall–Kier alpha value is -2.79. The molecule has 0 aliphatic carbocycles. The number of benzene rings is 2. The molecule has 3 aromatic rings. The molecular formula is C18H18N2O3. The number of likely N-dealkylation sites (N-methyl/N-ethyl adjacent to an activating group) is 1. The number of nitrogens with zero attached hydrogens (tertiary/aromatic N) is 1. The minimum Gasteiger partial charge on any atom is -0.451 e. The van der Waals surface area contributed by atoms with Crippen molar-refractivity contribution in [2.75, 3.05) is 30.4 Å². The molecule has 2 N–H and O–H groups in total. The van der Waals surface area contributed by atoms with Crippen LogP contribution >= 0.6 is 0 Å². The Morgan fingerprint density at radius 2 is 1.91 bits per heavy atom. The molecule has 0 unspecified atom stereocenters. The van der Waals surface area contributed by atoms with Crippen LogP contribution < -0.4 is 10.2 Å². The molecule has 0 atom stereocenters. The maximum atomic E-state index is 12.3. The largest absolute Gasteiger partial charge is 0.451 e. The number of fused-ring (bicyclic) bond motifs is 1. The normalized spacial score (nSPS) is 10.7. The molecule has 0 radical (unpaired) electrons. The first kappa shape index (κ1) is 15.1. The molecule has 0 aliphatic heterocycles. The molecule has 0 spiro atoms. The van der Waals surface area contributed by atoms with Gasteiger partial charge >= 0.3 is 0 Å². The first-order valence-corrected chi connectivity index (χ1v) is 7.39. The molecule has 1 heterocycles. The van der Waals surface area contributed by atoms with Crippen molar-refractivity contribution in [3.8, 4) is 0 Å². The van der Waals surface area contributed by atoms with Crippen LogP contribution in [-0.4, -0.2) is 31.2 Å². The van der Waals surface area contributed by atoms with Gasteiger partial charge in [0.2, 0.25) is 0 Å². The summed E-state index contributed by atoms with van der Waals surface area (Å²) in [5.41, 5.74) is 2.36. The van der Waals surface area contributed by atoms with Gasteiger partial charge < -0.3 is 19.7 Å². The van der Waals surface area contributed by atoms with Crippen LogP contribution in [0.5, 0.6) is 0 Å². The van der Waals surface area contributed by atoms with Gasteiger partial charge in [0.1, 0.15) is 5.58 Å². The second-order valence-electron chi connectivity index (χ2n) is 5.29. The molecule has 5 nitrogen and oxygen atoms in total. The fraction of sp³-hybridized carbons (Fsp3) is 0.167. The van der Waals surface area contributed by atoms with E-state index >= 15 is 0 Å². The summed E-state index contributed by atoms with van der Waals surface area (Å²) in [6.45, 7) is 0.658. The zero-order valence-electron chi connectivity index (χ0n) is 12.8. The Bertz CT molecular complexity index is 776. The number of anilines is 2. The predicted molar refractivity (Wildman–Crippen MR) is 91.0 cm³/mol. The molecule has 118 valence electrons. The van der Waals surface area contributed by atoms with Crippen LogP contribution in [-0.2, 0) is 0 Å². The highest BCUT2D eigenvalue weighted by Crippen LogP contribution is 2.21. The number of carbonyl (C=O) groups excluding carboxylic acids is 1. The number of aliphatic hydroxyl groups is 1. The van der Waals surface area contributed by atoms with E-state index in [0.29, 0.717) is 17.8 Å². The fourth-order valence-corrected chi connectivity index (χ4v) is 2.36. The number of furan rings is 1. The van der Waals surface area contributed by atoms with E-state index in [1.807, 2.05) is 60.5 Å². The van der Waals surface area contributed by atoms with E-state index in [2.05, 4.69) is 5.32 Å². The molecule has 2 aromatic carbocycles. The monoisotopic (exact) mass is 310 g/mol. The average Bonchev–Trinajstić information content (AvgIpc) is 3.00. The summed E-state index contributed by atoms with van der Waals surface area (Å²) in [6.07, 6.45) is 0. The molecule has 0 aliphatic rings. The van der Waals surface area contributed by atoms with Crippen LogP contribution in [0.2, 0.25) is 0 Å². The van der Waals surface area contributed by atoms with E-state index in [-0.39, 0.29) is 18.3 Å². The van der Waals surface area contributed by atoms with E-state index in [1.54, 1.807) is 6.07 Å². The van der Waals surface area contributed by atoms with Crippen molar-refractivity contribution in [3.05, 3.63) is 60.4 Å². The van der Waals surface area contributed by atoms with Crippen LogP contribution in [0.3, 0.4) is 0 Å². The van der Waals surface area contributed by atoms with Crippen LogP contribution in [0.15, 0.2) is 59.0 Å². The Morgan fingerprint density at radius 3 is 2.61 bits per heavy atom. The summed E-state index contributed by atoms with van der Waals surface area (Å²) in [5, 5.41) is 12.7. The molecular weight excluding hydrogens is 292 g/mol. The van der Waals surface area contributed by atoms with Crippen molar-refractivity contribution >= 4 is 28.3 Å². The van der Waals surface area contributed by atoms with Gasteiger partial charge in [-0.2, -0.15) is 0 Å². The van der Waals surface area contributed by atoms with Gasteiger partial charge in [0.25, 0.3) is 5.91 Å². The molecule has 1 aromatic heterocycles. The third-order valence-corrected chi connectivity index (χ3v) is 3.65. The second-order valence-corrected chi connectivity index (χ2v) is 5.29. The summed E-state index contributed by atoms with van der Waals surface area (Å²) in [6, 6.07) is 16.7. The Balaban J connectivity index is 1.72. The summed E-state index contributed by atoms with van der Waals surface area (Å²) in [4.78, 5) is 14.2. The van der Waals surface area contributed by atoms with Crippen molar-refractivity contribution in [2.24, 2.45) is 0 Å². The van der Waals surface area contributed by atoms with Gasteiger partial charge in [-0.15, -0.1) is 0 Å². The number of para-hydroxylation sites is 1. The smallest absolute Gasteiger partial charge is 0.291 e. The first-order valence-electron chi connectivity index (χ1n) is 7.39. The number of rotatable bonds is 5. The first-order chi connectivity index (χ1) is 11.2. The number of hydrogen-bond donors (Lipinski definition) is 2. The summed E-state index contributed by atoms with van der Waals surface area (Å²) in [5.74, 6) is 0.00494. The Morgan fingerprint density at radius 1 is 1.17 bits per heavy atom. The van der Waals surface area contributed by atoms with Crippen LogP contribution in [0.25, 0.3) is 11.0 Å². The minimum absolute atomic E-state index is 0.0983. The fourth-order valence-electron chi connectivity index (χ4n) is 2.36. The van der Waals surface area contributed by atoms with Crippen LogP contribution in [0.1, 0.15) is 10.6 Å². The van der Waals surface area contributed by atoms with E-state index < -0.39 is 0 Å². The van der Waals surface area contributed by atoms with Gasteiger partial charge in [-0.1, -0.05) is 18.2 Å². The SMILES string of the molecule is CN(CCO)c1ccc(NC(=O)c2cc3ccccc3o2)cc1. The van der Waals surface area contributed by atoms with Crippen molar-refractivity contribution in [1.29, 1.82) is 0 Å². The zero-order chi connectivity index (χ0) is 16.2. The standard InChI is InChI=1S/C18H18N2O3/c1-20(10-11-21)15-8-6-14(7-9-15)19-18(22)17-12-13-4-2-3-5-16(13)23-17/h2-9,12,21H,10-11H2,1H3,(H,19,22). The Labute approximate surface area is 134 Å². The van der Waals surface area contributed by atoms with Gasteiger partial charge in [-0.05, 0) is 36.4 Å². The van der Waals surface area contributed by atoms with Crippen molar-refractivity contribution < 1.29 is 14.3 Å². The molecule has 5 heteroatoms. The van der Waals surface area contributed by atoms with E-state index in [0.717, 1.165) is 11.1 Å². The lowest BCUT2D eigenvalue weighted by Crippen LogP contribution is -2.21. The maximum Gasteiger partial charge on any atom is 0.291 e. The van der Waals surface area contributed by atoms with Crippen LogP contribution in [0, 0.1) is 0 Å². The number of carbonyl (C=O) groups is 1. The van der Waals surface area contributed by atoms with Gasteiger partial charge in [-0.3, -0.25) is 4.79 Å². The number of hydrogen-bond acceptors (Lipinski definition) is 4. The third-order valence-electron chi connectivity index (χ3n) is 3.65. The number of nitrogens with one attached hydrogen (secondary N) is 1. The summed E-state index contributed by atoms with van der Waals surface area (Å²) in [7, 11) is 1.90. The minimum atomic E-state index is -0.280. The van der Waals surface area contributed by atoms with E-state index in [4.69, 9.17) is 9.52 Å². The highest BCUT2D eigenvalue weighted by Gasteiger charge is 2.12. The van der Waals surface area contributed by atoms with Gasteiger partial charge in [0, 0.05) is 30.4 Å². The van der Waals surface area contributed by atoms with Crippen molar-refractivity contribution in [1.82, 2.24) is 0 Å². The molecule has 0 bridgehead atoms. The molecule has 1 amide bonds. The molecule has 0 saturated heterocycles. The lowest BCUT2D eigenvalue weighted by Gasteiger charge is -2.18. The molecule has 0 saturated carbocycles. The zero-order valence-corrected chi connectivity index (χ0v) is 12.8. The average molecular weight is 310 g/mol. The third kappa shape index (κ3) is 3.35. The lowest BCUT2D eigenvalue weighted by molar-refractivity contribution is 0.0998. The maximum absolute atomic E-state index is 12.3. The van der Waals surface area contributed by atoms with E-state index in [9.17, 15) is 4.79 Å². The topological polar surface area (TPSA) is 65.7 Å². The van der Waals surface area contributed by atoms with Gasteiger partial charge in [0.15, 0.2) is 5.76 Å². The number of aliphatic hydroxyl groups excluding tert-OH is 1. The second kappa shape index (κ2) is 6.54.